The Labute approximate surface area is 206 Å². The van der Waals surface area contributed by atoms with Crippen LogP contribution >= 0.6 is 0 Å². The summed E-state index contributed by atoms with van der Waals surface area (Å²) in [5.41, 5.74) is 0. The summed E-state index contributed by atoms with van der Waals surface area (Å²) in [7, 11) is 0. The lowest BCUT2D eigenvalue weighted by molar-refractivity contribution is -0.969. The minimum atomic E-state index is -1.42. The van der Waals surface area contributed by atoms with Crippen LogP contribution in [0.3, 0.4) is 0 Å². The molecule has 0 bridgehead atoms. The highest BCUT2D eigenvalue weighted by atomic mass is 16.4. The topological polar surface area (TPSA) is 115 Å². The Kier molecular flexibility index (Phi) is 17.4. The Morgan fingerprint density at radius 1 is 0.676 bits per heavy atom. The maximum absolute atomic E-state index is 11.7. The summed E-state index contributed by atoms with van der Waals surface area (Å²) < 4.78 is -0.543. The van der Waals surface area contributed by atoms with Crippen LogP contribution in [0.4, 0.5) is 0 Å². The van der Waals surface area contributed by atoms with Crippen LogP contribution in [-0.4, -0.2) is 57.3 Å². The second-order valence-corrected chi connectivity index (χ2v) is 9.68. The minimum Gasteiger partial charge on any atom is -0.544 e. The van der Waals surface area contributed by atoms with Gasteiger partial charge in [0.05, 0.1) is 12.5 Å². The predicted octanol–water partition coefficient (Wildman–Crippen LogP) is 4.93. The van der Waals surface area contributed by atoms with E-state index in [1.54, 1.807) is 0 Å². The first-order chi connectivity index (χ1) is 16.1. The van der Waals surface area contributed by atoms with Crippen molar-refractivity contribution in [3.63, 3.8) is 0 Å². The number of hydrogen-bond donors (Lipinski definition) is 2. The van der Waals surface area contributed by atoms with Crippen LogP contribution in [0.5, 0.6) is 0 Å². The van der Waals surface area contributed by atoms with Crippen molar-refractivity contribution in [3.05, 3.63) is 12.2 Å². The highest BCUT2D eigenvalue weighted by Crippen LogP contribution is 2.27. The molecular weight excluding hydrogens is 434 g/mol. The van der Waals surface area contributed by atoms with Crippen LogP contribution in [0.1, 0.15) is 118 Å². The van der Waals surface area contributed by atoms with E-state index in [9.17, 15) is 29.7 Å². The number of hydrogen-bond acceptors (Lipinski definition) is 4. The fraction of sp³-hybridized carbons (Fsp3) is 0.815. The van der Waals surface area contributed by atoms with Gasteiger partial charge in [-0.25, -0.2) is 9.59 Å². The predicted molar refractivity (Wildman–Crippen MR) is 133 cm³/mol. The molecule has 0 heterocycles. The van der Waals surface area contributed by atoms with Gasteiger partial charge in [-0.2, -0.15) is 0 Å². The second kappa shape index (κ2) is 18.4. The monoisotopic (exact) mass is 483 g/mol. The zero-order valence-corrected chi connectivity index (χ0v) is 22.0. The molecule has 0 aliphatic rings. The van der Waals surface area contributed by atoms with E-state index in [-0.39, 0.29) is 6.54 Å². The summed E-state index contributed by atoms with van der Waals surface area (Å²) >= 11 is 0. The molecular formula is C27H49NO6. The SMILES string of the molecule is CCCCCC/C=C/CCCCCCCCCC[N+](C(C)C(=O)[O-])(C(C)C(=O)O)C(C)C(=O)O. The lowest BCUT2D eigenvalue weighted by Gasteiger charge is -2.49. The fourth-order valence-electron chi connectivity index (χ4n) is 4.83. The van der Waals surface area contributed by atoms with Gasteiger partial charge in [-0.3, -0.25) is 4.48 Å². The summed E-state index contributed by atoms with van der Waals surface area (Å²) in [6, 6.07) is -3.56. The number of carboxylic acids is 3. The van der Waals surface area contributed by atoms with Crippen molar-refractivity contribution in [1.29, 1.82) is 0 Å². The number of allylic oxidation sites excluding steroid dienone is 2. The summed E-state index contributed by atoms with van der Waals surface area (Å²) in [5, 5.41) is 30.8. The van der Waals surface area contributed by atoms with Crippen molar-refractivity contribution in [3.8, 4) is 0 Å². The van der Waals surface area contributed by atoms with E-state index < -0.39 is 40.5 Å². The Morgan fingerprint density at radius 2 is 1.06 bits per heavy atom. The van der Waals surface area contributed by atoms with Gasteiger partial charge < -0.3 is 20.1 Å². The number of nitrogens with zero attached hydrogens (tertiary/aromatic N) is 1. The third-order valence-electron chi connectivity index (χ3n) is 7.28. The van der Waals surface area contributed by atoms with Crippen LogP contribution < -0.4 is 5.11 Å². The van der Waals surface area contributed by atoms with Crippen LogP contribution in [0.2, 0.25) is 0 Å². The van der Waals surface area contributed by atoms with E-state index in [0.717, 1.165) is 32.1 Å². The van der Waals surface area contributed by atoms with Crippen molar-refractivity contribution in [2.75, 3.05) is 6.54 Å². The third kappa shape index (κ3) is 11.5. The average Bonchev–Trinajstić information content (AvgIpc) is 2.80. The molecule has 0 aliphatic carbocycles. The standard InChI is InChI=1S/C27H49NO6/c1-5-6-7-8-9-10-11-12-13-14-15-16-17-18-19-20-21-28(22(2)25(29)30,23(3)26(31)32)24(4)27(33)34/h10-11,22-24H,5-9,12-21H2,1-4H3,(H2-,29,30,31,32,33,34)/b11-10+. The van der Waals surface area contributed by atoms with E-state index >= 15 is 0 Å². The van der Waals surface area contributed by atoms with Crippen LogP contribution in [-0.2, 0) is 14.4 Å². The molecule has 0 fully saturated rings. The van der Waals surface area contributed by atoms with Gasteiger partial charge in [0.25, 0.3) is 0 Å². The van der Waals surface area contributed by atoms with Gasteiger partial charge >= 0.3 is 11.9 Å². The van der Waals surface area contributed by atoms with Crippen LogP contribution in [0.15, 0.2) is 12.2 Å². The maximum Gasteiger partial charge on any atom is 0.362 e. The highest BCUT2D eigenvalue weighted by Gasteiger charge is 2.50. The van der Waals surface area contributed by atoms with E-state index in [2.05, 4.69) is 19.1 Å². The van der Waals surface area contributed by atoms with Crippen LogP contribution in [0, 0.1) is 0 Å². The quantitative estimate of drug-likeness (QED) is 0.128. The first-order valence-corrected chi connectivity index (χ1v) is 13.3. The maximum atomic E-state index is 11.7. The highest BCUT2D eigenvalue weighted by molar-refractivity contribution is 5.76. The first-order valence-electron chi connectivity index (χ1n) is 13.3. The summed E-state index contributed by atoms with van der Waals surface area (Å²) in [6.07, 6.45) is 20.4. The third-order valence-corrected chi connectivity index (χ3v) is 7.28. The zero-order valence-electron chi connectivity index (χ0n) is 22.0. The molecule has 0 rings (SSSR count). The Hall–Kier alpha value is -1.89. The molecule has 3 atom stereocenters. The van der Waals surface area contributed by atoms with Gasteiger partial charge in [0.2, 0.25) is 0 Å². The number of carbonyl (C=O) groups is 3. The van der Waals surface area contributed by atoms with Gasteiger partial charge in [0.1, 0.15) is 6.04 Å². The molecule has 0 aromatic rings. The van der Waals surface area contributed by atoms with Crippen LogP contribution in [0.25, 0.3) is 0 Å². The molecule has 0 aliphatic heterocycles. The number of carboxylic acid groups (broad SMARTS) is 3. The molecule has 3 unspecified atom stereocenters. The smallest absolute Gasteiger partial charge is 0.362 e. The Balaban J connectivity index is 4.36. The van der Waals surface area contributed by atoms with Gasteiger partial charge in [0.15, 0.2) is 12.1 Å². The number of quaternary nitrogens is 1. The van der Waals surface area contributed by atoms with E-state index in [0.29, 0.717) is 6.42 Å². The summed E-state index contributed by atoms with van der Waals surface area (Å²) in [5.74, 6) is -3.83. The van der Waals surface area contributed by atoms with E-state index in [4.69, 9.17) is 0 Å². The van der Waals surface area contributed by atoms with Crippen molar-refractivity contribution in [2.24, 2.45) is 0 Å². The van der Waals surface area contributed by atoms with Crippen molar-refractivity contribution >= 4 is 17.9 Å². The molecule has 0 amide bonds. The molecule has 0 saturated carbocycles. The molecule has 7 heteroatoms. The lowest BCUT2D eigenvalue weighted by Crippen LogP contribution is -2.72. The fourth-order valence-corrected chi connectivity index (χ4v) is 4.83. The first kappa shape index (κ1) is 32.1. The average molecular weight is 484 g/mol. The van der Waals surface area contributed by atoms with Crippen molar-refractivity contribution < 1.29 is 34.2 Å². The molecule has 0 spiro atoms. The lowest BCUT2D eigenvalue weighted by atomic mass is 10.00. The normalized spacial score (nSPS) is 16.1. The van der Waals surface area contributed by atoms with E-state index in [1.807, 2.05) is 0 Å². The summed E-state index contributed by atoms with van der Waals surface area (Å²) in [6.45, 7) is 6.55. The van der Waals surface area contributed by atoms with Gasteiger partial charge in [-0.15, -0.1) is 0 Å². The van der Waals surface area contributed by atoms with Crippen molar-refractivity contribution in [2.45, 2.75) is 136 Å². The number of unbranched alkanes of at least 4 members (excludes halogenated alkanes) is 12. The van der Waals surface area contributed by atoms with E-state index in [1.165, 1.54) is 72.1 Å². The molecule has 0 saturated heterocycles. The Bertz CT molecular complexity index is 568. The number of aliphatic carboxylic acids is 3. The minimum absolute atomic E-state index is 0.181. The molecule has 198 valence electrons. The van der Waals surface area contributed by atoms with Crippen molar-refractivity contribution in [1.82, 2.24) is 0 Å². The molecule has 0 radical (unpaired) electrons. The van der Waals surface area contributed by atoms with Gasteiger partial charge in [-0.05, 0) is 59.3 Å². The number of carbonyl (C=O) groups excluding carboxylic acids is 1. The van der Waals surface area contributed by atoms with Gasteiger partial charge in [0, 0.05) is 0 Å². The number of rotatable bonds is 22. The zero-order chi connectivity index (χ0) is 26.0. The summed E-state index contributed by atoms with van der Waals surface area (Å²) in [4.78, 5) is 35.1. The molecule has 2 N–H and O–H groups in total. The Morgan fingerprint density at radius 3 is 1.44 bits per heavy atom. The molecule has 7 nitrogen and oxygen atoms in total. The largest absolute Gasteiger partial charge is 0.544 e. The second-order valence-electron chi connectivity index (χ2n) is 9.68. The molecule has 0 aromatic heterocycles. The molecule has 34 heavy (non-hydrogen) atoms. The molecule has 0 aromatic carbocycles. The van der Waals surface area contributed by atoms with Gasteiger partial charge in [-0.1, -0.05) is 70.4 Å².